The fraction of sp³-hybridized carbons (Fsp3) is 0.517. The van der Waals surface area contributed by atoms with E-state index < -0.39 is 29.1 Å². The molecular formula is C29H30ClF3N4O3. The predicted octanol–water partition coefficient (Wildman–Crippen LogP) is 6.03. The number of rotatable bonds is 4. The first kappa shape index (κ1) is 26.0. The van der Waals surface area contributed by atoms with Gasteiger partial charge in [0, 0.05) is 25.1 Å². The average molecular weight is 575 g/mol. The Balaban J connectivity index is 1.41. The van der Waals surface area contributed by atoms with Gasteiger partial charge in [-0.05, 0) is 44.4 Å². The standard InChI is InChI=1S/C29H30ClF3N4O3/c30-23-21(20-18(32)7-4-8-19(20)38)24(33)25-22-26(23)39-14-17-6-2-1-3-11-37(17)27(22)35-28(34-25)40-15-29-9-5-10-36(29)13-16(31)12-29/h4,7-8,16-17,38H,1-3,5-6,9-15H2/t16-,17?,29+/m1/s1. The van der Waals surface area contributed by atoms with Crippen molar-refractivity contribution in [2.45, 2.75) is 62.7 Å². The summed E-state index contributed by atoms with van der Waals surface area (Å²) in [6, 6.07) is 3.66. The van der Waals surface area contributed by atoms with Crippen LogP contribution in [0.5, 0.6) is 17.5 Å². The molecule has 7 nitrogen and oxygen atoms in total. The molecule has 7 rings (SSSR count). The summed E-state index contributed by atoms with van der Waals surface area (Å²) in [6.45, 7) is 2.35. The second-order valence-electron chi connectivity index (χ2n) is 11.4. The highest BCUT2D eigenvalue weighted by Gasteiger charge is 2.49. The van der Waals surface area contributed by atoms with Gasteiger partial charge in [-0.15, -0.1) is 0 Å². The zero-order chi connectivity index (χ0) is 27.6. The van der Waals surface area contributed by atoms with E-state index in [-0.39, 0.29) is 52.7 Å². The smallest absolute Gasteiger partial charge is 0.319 e. The second kappa shape index (κ2) is 9.83. The zero-order valence-corrected chi connectivity index (χ0v) is 22.7. The molecule has 5 heterocycles. The SMILES string of the molecule is Oc1cccc(F)c1-c1c(Cl)c2c3c(nc(OC[C@@]45CCCN4C[C@H](F)C5)nc3c1F)N1CCCCCC1CO2. The lowest BCUT2D eigenvalue weighted by atomic mass is 9.95. The molecule has 212 valence electrons. The topological polar surface area (TPSA) is 71.0 Å². The number of aromatic hydroxyl groups is 1. The summed E-state index contributed by atoms with van der Waals surface area (Å²) < 4.78 is 58.2. The number of benzene rings is 2. The Bertz CT molecular complexity index is 1470. The Morgan fingerprint density at radius 1 is 1.12 bits per heavy atom. The summed E-state index contributed by atoms with van der Waals surface area (Å²) in [5.74, 6) is -1.58. The summed E-state index contributed by atoms with van der Waals surface area (Å²) in [5.41, 5.74) is -1.26. The molecule has 2 aromatic carbocycles. The van der Waals surface area contributed by atoms with E-state index in [1.54, 1.807) is 0 Å². The summed E-state index contributed by atoms with van der Waals surface area (Å²) in [5, 5.41) is 10.7. The second-order valence-corrected chi connectivity index (χ2v) is 11.8. The van der Waals surface area contributed by atoms with Crippen LogP contribution in [-0.2, 0) is 0 Å². The Hall–Kier alpha value is -2.98. The molecule has 3 saturated heterocycles. The minimum absolute atomic E-state index is 0.0312. The van der Waals surface area contributed by atoms with E-state index in [2.05, 4.69) is 14.8 Å². The molecule has 3 aromatic rings. The maximum atomic E-state index is 16.5. The fourth-order valence-electron chi connectivity index (χ4n) is 7.08. The Morgan fingerprint density at radius 3 is 2.85 bits per heavy atom. The number of nitrogens with zero attached hydrogens (tertiary/aromatic N) is 4. The van der Waals surface area contributed by atoms with Crippen LogP contribution in [-0.4, -0.2) is 70.6 Å². The van der Waals surface area contributed by atoms with Crippen molar-refractivity contribution >= 4 is 28.3 Å². The van der Waals surface area contributed by atoms with Crippen molar-refractivity contribution in [3.8, 4) is 28.6 Å². The molecule has 40 heavy (non-hydrogen) atoms. The minimum atomic E-state index is -0.917. The number of ether oxygens (including phenoxy) is 2. The van der Waals surface area contributed by atoms with Gasteiger partial charge >= 0.3 is 6.01 Å². The summed E-state index contributed by atoms with van der Waals surface area (Å²) in [7, 11) is 0. The summed E-state index contributed by atoms with van der Waals surface area (Å²) >= 11 is 6.75. The average Bonchev–Trinajstić information content (AvgIpc) is 3.27. The van der Waals surface area contributed by atoms with Crippen LogP contribution in [0.2, 0.25) is 5.02 Å². The Morgan fingerprint density at radius 2 is 2.00 bits per heavy atom. The van der Waals surface area contributed by atoms with Crippen LogP contribution in [0.1, 0.15) is 44.9 Å². The molecule has 11 heteroatoms. The zero-order valence-electron chi connectivity index (χ0n) is 21.9. The van der Waals surface area contributed by atoms with Crippen molar-refractivity contribution in [1.82, 2.24) is 14.9 Å². The van der Waals surface area contributed by atoms with Crippen molar-refractivity contribution in [1.29, 1.82) is 0 Å². The van der Waals surface area contributed by atoms with Crippen molar-refractivity contribution in [2.24, 2.45) is 0 Å². The van der Waals surface area contributed by atoms with Gasteiger partial charge in [0.1, 0.15) is 42.3 Å². The minimum Gasteiger partial charge on any atom is -0.507 e. The van der Waals surface area contributed by atoms with Gasteiger partial charge in [-0.3, -0.25) is 4.90 Å². The van der Waals surface area contributed by atoms with Crippen LogP contribution in [0, 0.1) is 11.6 Å². The monoisotopic (exact) mass is 574 g/mol. The molecule has 4 aliphatic heterocycles. The maximum absolute atomic E-state index is 16.5. The number of anilines is 1. The number of aromatic nitrogens is 2. The van der Waals surface area contributed by atoms with Crippen LogP contribution in [0.4, 0.5) is 19.0 Å². The number of phenols is 1. The van der Waals surface area contributed by atoms with E-state index in [9.17, 15) is 13.9 Å². The largest absolute Gasteiger partial charge is 0.507 e. The first-order chi connectivity index (χ1) is 19.4. The van der Waals surface area contributed by atoms with Crippen LogP contribution < -0.4 is 14.4 Å². The van der Waals surface area contributed by atoms with Crippen LogP contribution in [0.25, 0.3) is 22.0 Å². The van der Waals surface area contributed by atoms with Gasteiger partial charge < -0.3 is 19.5 Å². The molecular weight excluding hydrogens is 545 g/mol. The van der Waals surface area contributed by atoms with Crippen molar-refractivity contribution in [2.75, 3.05) is 37.7 Å². The lowest BCUT2D eigenvalue weighted by molar-refractivity contribution is 0.107. The van der Waals surface area contributed by atoms with Crippen molar-refractivity contribution < 1.29 is 27.8 Å². The van der Waals surface area contributed by atoms with Gasteiger partial charge in [-0.2, -0.15) is 9.97 Å². The molecule has 1 aromatic heterocycles. The normalized spacial score (nSPS) is 26.2. The van der Waals surface area contributed by atoms with Gasteiger partial charge in [0.25, 0.3) is 0 Å². The van der Waals surface area contributed by atoms with Crippen LogP contribution in [0.3, 0.4) is 0 Å². The van der Waals surface area contributed by atoms with E-state index in [0.29, 0.717) is 30.7 Å². The molecule has 0 aliphatic carbocycles. The highest BCUT2D eigenvalue weighted by molar-refractivity contribution is 6.36. The van der Waals surface area contributed by atoms with E-state index in [4.69, 9.17) is 26.1 Å². The maximum Gasteiger partial charge on any atom is 0.319 e. The van der Waals surface area contributed by atoms with Crippen LogP contribution in [0.15, 0.2) is 18.2 Å². The highest BCUT2D eigenvalue weighted by atomic mass is 35.5. The number of hydrogen-bond acceptors (Lipinski definition) is 7. The molecule has 0 radical (unpaired) electrons. The lowest BCUT2D eigenvalue weighted by Gasteiger charge is -2.31. The fourth-order valence-corrected chi connectivity index (χ4v) is 7.41. The third kappa shape index (κ3) is 4.05. The molecule has 0 bridgehead atoms. The Labute approximate surface area is 234 Å². The molecule has 1 unspecified atom stereocenters. The number of phenolic OH excluding ortho intramolecular Hbond substituents is 1. The van der Waals surface area contributed by atoms with Crippen molar-refractivity contribution in [3.05, 3.63) is 34.9 Å². The van der Waals surface area contributed by atoms with Crippen molar-refractivity contribution in [3.63, 3.8) is 0 Å². The van der Waals surface area contributed by atoms with Gasteiger partial charge in [0.2, 0.25) is 0 Å². The van der Waals surface area contributed by atoms with E-state index in [1.807, 2.05) is 0 Å². The summed E-state index contributed by atoms with van der Waals surface area (Å²) in [6.07, 6.45) is 5.07. The number of halogens is 4. The third-order valence-corrected chi connectivity index (χ3v) is 9.35. The van der Waals surface area contributed by atoms with Gasteiger partial charge in [-0.1, -0.05) is 30.5 Å². The molecule has 0 saturated carbocycles. The highest BCUT2D eigenvalue weighted by Crippen LogP contribution is 2.50. The third-order valence-electron chi connectivity index (χ3n) is 8.98. The predicted molar refractivity (Wildman–Crippen MR) is 145 cm³/mol. The first-order valence-corrected chi connectivity index (χ1v) is 14.4. The molecule has 3 atom stereocenters. The van der Waals surface area contributed by atoms with E-state index in [0.717, 1.165) is 51.1 Å². The first-order valence-electron chi connectivity index (χ1n) is 14.0. The molecule has 0 amide bonds. The molecule has 1 N–H and O–H groups in total. The number of alkyl halides is 1. The van der Waals surface area contributed by atoms with E-state index in [1.165, 1.54) is 12.1 Å². The van der Waals surface area contributed by atoms with Crippen LogP contribution >= 0.6 is 11.6 Å². The van der Waals surface area contributed by atoms with Gasteiger partial charge in [0.15, 0.2) is 11.6 Å². The van der Waals surface area contributed by atoms with Gasteiger partial charge in [-0.25, -0.2) is 13.2 Å². The van der Waals surface area contributed by atoms with E-state index >= 15 is 4.39 Å². The molecule has 3 fully saturated rings. The number of hydrogen-bond donors (Lipinski definition) is 1. The lowest BCUT2D eigenvalue weighted by Crippen LogP contribution is -2.43. The molecule has 0 spiro atoms. The Kier molecular flexibility index (Phi) is 6.38. The summed E-state index contributed by atoms with van der Waals surface area (Å²) in [4.78, 5) is 13.5. The number of fused-ring (bicyclic) bond motifs is 3. The van der Waals surface area contributed by atoms with Gasteiger partial charge in [0.05, 0.1) is 27.6 Å². The quantitative estimate of drug-likeness (QED) is 0.408. The molecule has 4 aliphatic rings.